The van der Waals surface area contributed by atoms with Crippen LogP contribution in [0.1, 0.15) is 34.6 Å². The summed E-state index contributed by atoms with van der Waals surface area (Å²) in [5.41, 5.74) is 1.92. The molecule has 0 unspecified atom stereocenters. The molecule has 0 saturated carbocycles. The molecule has 0 saturated heterocycles. The molecule has 0 aliphatic rings. The summed E-state index contributed by atoms with van der Waals surface area (Å²) >= 11 is 0. The average Bonchev–Trinajstić information content (AvgIpc) is 2.73. The number of hydrogen-bond donors (Lipinski definition) is 1. The lowest BCUT2D eigenvalue weighted by Crippen LogP contribution is -2.38. The van der Waals surface area contributed by atoms with Crippen LogP contribution in [-0.2, 0) is 9.53 Å². The van der Waals surface area contributed by atoms with E-state index in [4.69, 9.17) is 4.74 Å². The number of amides is 1. The maximum atomic E-state index is 12.6. The van der Waals surface area contributed by atoms with E-state index in [0.29, 0.717) is 0 Å². The number of carbonyl (C=O) groups is 2. The second-order valence-electron chi connectivity index (χ2n) is 5.90. The third-order valence-electron chi connectivity index (χ3n) is 3.98. The Hall–Kier alpha value is -3.54. The van der Waals surface area contributed by atoms with E-state index in [1.54, 1.807) is 0 Å². The van der Waals surface area contributed by atoms with E-state index in [1.165, 1.54) is 25.5 Å². The average molecular weight is 361 g/mol. The van der Waals surface area contributed by atoms with Gasteiger partial charge in [0.15, 0.2) is 11.8 Å². The Morgan fingerprint density at radius 2 is 1.52 bits per heavy atom. The summed E-state index contributed by atoms with van der Waals surface area (Å²) in [6.45, 7) is 1.52. The van der Waals surface area contributed by atoms with Crippen molar-refractivity contribution in [3.05, 3.63) is 96.1 Å². The number of benzene rings is 2. The van der Waals surface area contributed by atoms with Crippen molar-refractivity contribution in [1.29, 1.82) is 0 Å². The summed E-state index contributed by atoms with van der Waals surface area (Å²) in [5, 5.41) is 2.95. The highest BCUT2D eigenvalue weighted by Crippen LogP contribution is 2.22. The van der Waals surface area contributed by atoms with Crippen molar-refractivity contribution in [2.75, 3.05) is 0 Å². The SMILES string of the molecule is C[C@@H](OC(=O)c1cnccn1)C(=O)NC(c1ccccc1)c1ccccc1. The van der Waals surface area contributed by atoms with Gasteiger partial charge in [-0.05, 0) is 18.1 Å². The number of rotatable bonds is 6. The molecule has 1 N–H and O–H groups in total. The first-order valence-electron chi connectivity index (χ1n) is 8.52. The fourth-order valence-corrected chi connectivity index (χ4v) is 2.59. The zero-order valence-corrected chi connectivity index (χ0v) is 14.8. The van der Waals surface area contributed by atoms with Gasteiger partial charge in [-0.3, -0.25) is 9.78 Å². The lowest BCUT2D eigenvalue weighted by Gasteiger charge is -2.22. The Bertz CT molecular complexity index is 847. The van der Waals surface area contributed by atoms with Gasteiger partial charge in [0.25, 0.3) is 5.91 Å². The molecule has 1 amide bonds. The molecule has 6 heteroatoms. The summed E-state index contributed by atoms with van der Waals surface area (Å²) in [5.74, 6) is -1.09. The molecule has 1 aromatic heterocycles. The van der Waals surface area contributed by atoms with E-state index in [1.807, 2.05) is 60.7 Å². The molecule has 6 nitrogen and oxygen atoms in total. The summed E-state index contributed by atoms with van der Waals surface area (Å²) < 4.78 is 5.22. The van der Waals surface area contributed by atoms with Crippen LogP contribution in [-0.4, -0.2) is 27.9 Å². The quantitative estimate of drug-likeness (QED) is 0.683. The number of esters is 1. The van der Waals surface area contributed by atoms with Crippen molar-refractivity contribution in [3.63, 3.8) is 0 Å². The highest BCUT2D eigenvalue weighted by atomic mass is 16.5. The summed E-state index contributed by atoms with van der Waals surface area (Å²) in [4.78, 5) is 32.4. The Labute approximate surface area is 157 Å². The van der Waals surface area contributed by atoms with Crippen molar-refractivity contribution in [1.82, 2.24) is 15.3 Å². The molecule has 0 radical (unpaired) electrons. The third-order valence-corrected chi connectivity index (χ3v) is 3.98. The van der Waals surface area contributed by atoms with E-state index in [2.05, 4.69) is 15.3 Å². The predicted octanol–water partition coefficient (Wildman–Crippen LogP) is 2.93. The number of hydrogen-bond acceptors (Lipinski definition) is 5. The molecule has 1 heterocycles. The molecule has 0 bridgehead atoms. The van der Waals surface area contributed by atoms with Crippen LogP contribution in [0.4, 0.5) is 0 Å². The van der Waals surface area contributed by atoms with E-state index < -0.39 is 18.0 Å². The van der Waals surface area contributed by atoms with Crippen molar-refractivity contribution < 1.29 is 14.3 Å². The minimum atomic E-state index is -0.977. The normalized spacial score (nSPS) is 11.6. The highest BCUT2D eigenvalue weighted by Gasteiger charge is 2.24. The molecule has 0 aliphatic heterocycles. The number of nitrogens with one attached hydrogen (secondary N) is 1. The zero-order valence-electron chi connectivity index (χ0n) is 14.8. The van der Waals surface area contributed by atoms with Gasteiger partial charge in [-0.1, -0.05) is 60.7 Å². The largest absolute Gasteiger partial charge is 0.448 e. The lowest BCUT2D eigenvalue weighted by atomic mass is 9.98. The van der Waals surface area contributed by atoms with Gasteiger partial charge >= 0.3 is 5.97 Å². The number of carbonyl (C=O) groups excluding carboxylic acids is 2. The summed E-state index contributed by atoms with van der Waals surface area (Å²) in [6, 6.07) is 18.9. The van der Waals surface area contributed by atoms with Crippen LogP contribution >= 0.6 is 0 Å². The van der Waals surface area contributed by atoms with E-state index in [9.17, 15) is 9.59 Å². The Balaban J connectivity index is 1.73. The first-order chi connectivity index (χ1) is 13.1. The minimum Gasteiger partial charge on any atom is -0.448 e. The second kappa shape index (κ2) is 8.71. The van der Waals surface area contributed by atoms with Crippen LogP contribution < -0.4 is 5.32 Å². The number of nitrogens with zero attached hydrogens (tertiary/aromatic N) is 2. The van der Waals surface area contributed by atoms with Crippen LogP contribution in [0.25, 0.3) is 0 Å². The Morgan fingerprint density at radius 1 is 0.926 bits per heavy atom. The van der Waals surface area contributed by atoms with Gasteiger partial charge in [0.2, 0.25) is 0 Å². The second-order valence-corrected chi connectivity index (χ2v) is 5.90. The molecular formula is C21H19N3O3. The molecule has 0 spiro atoms. The van der Waals surface area contributed by atoms with Crippen molar-refractivity contribution in [3.8, 4) is 0 Å². The molecule has 0 fully saturated rings. The van der Waals surface area contributed by atoms with Crippen LogP contribution in [0.3, 0.4) is 0 Å². The number of ether oxygens (including phenoxy) is 1. The fraction of sp³-hybridized carbons (Fsp3) is 0.143. The van der Waals surface area contributed by atoms with Gasteiger partial charge < -0.3 is 10.1 Å². The summed E-state index contributed by atoms with van der Waals surface area (Å²) in [7, 11) is 0. The molecule has 27 heavy (non-hydrogen) atoms. The predicted molar refractivity (Wildman–Crippen MR) is 99.8 cm³/mol. The Morgan fingerprint density at radius 3 is 2.04 bits per heavy atom. The number of aromatic nitrogens is 2. The topological polar surface area (TPSA) is 81.2 Å². The van der Waals surface area contributed by atoms with Crippen LogP contribution in [0.2, 0.25) is 0 Å². The van der Waals surface area contributed by atoms with Gasteiger partial charge in [-0.2, -0.15) is 0 Å². The van der Waals surface area contributed by atoms with Gasteiger partial charge in [-0.25, -0.2) is 9.78 Å². The van der Waals surface area contributed by atoms with E-state index >= 15 is 0 Å². The molecule has 2 aromatic carbocycles. The first kappa shape index (κ1) is 18.3. The van der Waals surface area contributed by atoms with Gasteiger partial charge in [-0.15, -0.1) is 0 Å². The van der Waals surface area contributed by atoms with Crippen LogP contribution in [0, 0.1) is 0 Å². The smallest absolute Gasteiger partial charge is 0.359 e. The van der Waals surface area contributed by atoms with Gasteiger partial charge in [0.1, 0.15) is 0 Å². The fourth-order valence-electron chi connectivity index (χ4n) is 2.59. The van der Waals surface area contributed by atoms with Crippen LogP contribution in [0.5, 0.6) is 0 Å². The van der Waals surface area contributed by atoms with E-state index in [0.717, 1.165) is 11.1 Å². The van der Waals surface area contributed by atoms with E-state index in [-0.39, 0.29) is 11.7 Å². The lowest BCUT2D eigenvalue weighted by molar-refractivity contribution is -0.129. The van der Waals surface area contributed by atoms with Gasteiger partial charge in [0.05, 0.1) is 12.2 Å². The van der Waals surface area contributed by atoms with Crippen molar-refractivity contribution in [2.24, 2.45) is 0 Å². The standard InChI is InChI=1S/C21H19N3O3/c1-15(27-21(26)18-14-22-12-13-23-18)20(25)24-19(16-8-4-2-5-9-16)17-10-6-3-7-11-17/h2-15,19H,1H3,(H,24,25)/t15-/m1/s1. The Kier molecular flexibility index (Phi) is 5.89. The minimum absolute atomic E-state index is 0.0554. The molecule has 0 aliphatic carbocycles. The first-order valence-corrected chi connectivity index (χ1v) is 8.52. The molecule has 1 atom stereocenters. The monoisotopic (exact) mass is 361 g/mol. The summed E-state index contributed by atoms with van der Waals surface area (Å²) in [6.07, 6.45) is 3.16. The van der Waals surface area contributed by atoms with Crippen molar-refractivity contribution in [2.45, 2.75) is 19.1 Å². The van der Waals surface area contributed by atoms with Crippen molar-refractivity contribution >= 4 is 11.9 Å². The van der Waals surface area contributed by atoms with Crippen LogP contribution in [0.15, 0.2) is 79.3 Å². The molecular weight excluding hydrogens is 342 g/mol. The highest BCUT2D eigenvalue weighted by molar-refractivity contribution is 5.90. The maximum Gasteiger partial charge on any atom is 0.359 e. The molecule has 3 aromatic rings. The molecule has 136 valence electrons. The van der Waals surface area contributed by atoms with Gasteiger partial charge in [0, 0.05) is 12.4 Å². The maximum absolute atomic E-state index is 12.6. The zero-order chi connectivity index (χ0) is 19.1. The molecule has 3 rings (SSSR count). The third kappa shape index (κ3) is 4.76.